The zero-order chi connectivity index (χ0) is 14.1. The molecule has 2 amide bonds. The van der Waals surface area contributed by atoms with E-state index in [0.29, 0.717) is 18.1 Å². The van der Waals surface area contributed by atoms with E-state index in [4.69, 9.17) is 15.2 Å². The van der Waals surface area contributed by atoms with Crippen LogP contribution in [-0.4, -0.2) is 26.0 Å². The highest BCUT2D eigenvalue weighted by atomic mass is 16.5. The topological polar surface area (TPSA) is 85.9 Å². The second-order valence-electron chi connectivity index (χ2n) is 3.85. The lowest BCUT2D eigenvalue weighted by atomic mass is 10.2. The van der Waals surface area contributed by atoms with Gasteiger partial charge in [0, 0.05) is 0 Å². The summed E-state index contributed by atoms with van der Waals surface area (Å²) in [7, 11) is 1.57. The molecule has 1 aromatic carbocycles. The smallest absolute Gasteiger partial charge is 0.332 e. The number of urea groups is 1. The van der Waals surface area contributed by atoms with Crippen molar-refractivity contribution in [2.75, 3.05) is 13.7 Å². The maximum atomic E-state index is 10.5. The molecule has 0 heterocycles. The number of methoxy groups -OCH3 is 1. The minimum atomic E-state index is -0.706. The SMILES string of the molecule is CCCCOc1ccc(C=NNC(N)=O)cc1OC. The lowest BCUT2D eigenvalue weighted by Gasteiger charge is -2.10. The summed E-state index contributed by atoms with van der Waals surface area (Å²) in [6.07, 6.45) is 3.55. The third kappa shape index (κ3) is 5.29. The summed E-state index contributed by atoms with van der Waals surface area (Å²) in [4.78, 5) is 10.5. The van der Waals surface area contributed by atoms with Gasteiger partial charge in [0.1, 0.15) is 0 Å². The van der Waals surface area contributed by atoms with Crippen LogP contribution >= 0.6 is 0 Å². The number of nitrogens with two attached hydrogens (primary N) is 1. The quantitative estimate of drug-likeness (QED) is 0.448. The van der Waals surface area contributed by atoms with Gasteiger partial charge < -0.3 is 15.2 Å². The van der Waals surface area contributed by atoms with E-state index in [1.807, 2.05) is 6.07 Å². The van der Waals surface area contributed by atoms with Crippen LogP contribution < -0.4 is 20.6 Å². The Labute approximate surface area is 112 Å². The first-order valence-electron chi connectivity index (χ1n) is 6.06. The van der Waals surface area contributed by atoms with Gasteiger partial charge in [-0.2, -0.15) is 5.10 Å². The molecule has 6 heteroatoms. The third-order valence-corrected chi connectivity index (χ3v) is 2.33. The number of benzene rings is 1. The van der Waals surface area contributed by atoms with Crippen molar-refractivity contribution in [2.24, 2.45) is 10.8 Å². The van der Waals surface area contributed by atoms with E-state index in [2.05, 4.69) is 17.5 Å². The predicted octanol–water partition coefficient (Wildman–Crippen LogP) is 1.88. The van der Waals surface area contributed by atoms with E-state index in [1.54, 1.807) is 19.2 Å². The summed E-state index contributed by atoms with van der Waals surface area (Å²) in [6, 6.07) is 4.69. The molecule has 0 aliphatic carbocycles. The Balaban J connectivity index is 2.71. The first kappa shape index (κ1) is 14.8. The van der Waals surface area contributed by atoms with Gasteiger partial charge in [0.15, 0.2) is 11.5 Å². The molecule has 0 saturated heterocycles. The summed E-state index contributed by atoms with van der Waals surface area (Å²) in [5.74, 6) is 1.31. The maximum Gasteiger partial charge on any atom is 0.332 e. The average Bonchev–Trinajstić information content (AvgIpc) is 2.39. The number of carbonyl (C=O) groups excluding carboxylic acids is 1. The van der Waals surface area contributed by atoms with Crippen LogP contribution in [0.15, 0.2) is 23.3 Å². The first-order valence-corrected chi connectivity index (χ1v) is 6.06. The monoisotopic (exact) mass is 265 g/mol. The molecule has 0 aliphatic heterocycles. The Bertz CT molecular complexity index is 447. The Kier molecular flexibility index (Phi) is 6.21. The van der Waals surface area contributed by atoms with Gasteiger partial charge in [0.2, 0.25) is 0 Å². The number of hydrazone groups is 1. The van der Waals surface area contributed by atoms with Crippen LogP contribution in [-0.2, 0) is 0 Å². The third-order valence-electron chi connectivity index (χ3n) is 2.33. The number of hydrogen-bond donors (Lipinski definition) is 2. The minimum absolute atomic E-state index is 0.624. The lowest BCUT2D eigenvalue weighted by Crippen LogP contribution is -2.24. The van der Waals surface area contributed by atoms with Crippen molar-refractivity contribution in [3.05, 3.63) is 23.8 Å². The van der Waals surface area contributed by atoms with Crippen molar-refractivity contribution in [2.45, 2.75) is 19.8 Å². The highest BCUT2D eigenvalue weighted by Gasteiger charge is 2.04. The number of carbonyl (C=O) groups is 1. The maximum absolute atomic E-state index is 10.5. The van der Waals surface area contributed by atoms with Gasteiger partial charge in [0.05, 0.1) is 19.9 Å². The van der Waals surface area contributed by atoms with Crippen LogP contribution in [0.25, 0.3) is 0 Å². The summed E-state index contributed by atoms with van der Waals surface area (Å²) in [6.45, 7) is 2.76. The van der Waals surface area contributed by atoms with Crippen LogP contribution in [0.4, 0.5) is 4.79 Å². The first-order chi connectivity index (χ1) is 9.17. The van der Waals surface area contributed by atoms with Crippen molar-refractivity contribution in [1.82, 2.24) is 5.43 Å². The van der Waals surface area contributed by atoms with Crippen molar-refractivity contribution in [3.8, 4) is 11.5 Å². The summed E-state index contributed by atoms with van der Waals surface area (Å²) in [5.41, 5.74) is 7.79. The number of ether oxygens (including phenoxy) is 2. The van der Waals surface area contributed by atoms with Crippen LogP contribution in [0.2, 0.25) is 0 Å². The summed E-state index contributed by atoms with van der Waals surface area (Å²) in [5, 5.41) is 3.68. The molecule has 19 heavy (non-hydrogen) atoms. The molecule has 6 nitrogen and oxygen atoms in total. The Morgan fingerprint density at radius 3 is 2.89 bits per heavy atom. The summed E-state index contributed by atoms with van der Waals surface area (Å²) < 4.78 is 10.9. The molecule has 1 rings (SSSR count). The van der Waals surface area contributed by atoms with E-state index in [-0.39, 0.29) is 0 Å². The molecule has 0 spiro atoms. The normalized spacial score (nSPS) is 10.4. The summed E-state index contributed by atoms with van der Waals surface area (Å²) >= 11 is 0. The Morgan fingerprint density at radius 2 is 2.26 bits per heavy atom. The number of unbranched alkanes of at least 4 members (excludes halogenated alkanes) is 1. The van der Waals surface area contributed by atoms with Gasteiger partial charge >= 0.3 is 6.03 Å². The van der Waals surface area contributed by atoms with Gasteiger partial charge in [-0.3, -0.25) is 0 Å². The molecular weight excluding hydrogens is 246 g/mol. The molecule has 0 fully saturated rings. The molecule has 1 aromatic rings. The zero-order valence-electron chi connectivity index (χ0n) is 11.2. The largest absolute Gasteiger partial charge is 0.493 e. The zero-order valence-corrected chi connectivity index (χ0v) is 11.2. The molecule has 0 bridgehead atoms. The van der Waals surface area contributed by atoms with Crippen LogP contribution in [0.3, 0.4) is 0 Å². The second-order valence-corrected chi connectivity index (χ2v) is 3.85. The molecule has 0 aromatic heterocycles. The molecule has 104 valence electrons. The van der Waals surface area contributed by atoms with E-state index >= 15 is 0 Å². The van der Waals surface area contributed by atoms with Gasteiger partial charge in [-0.05, 0) is 30.2 Å². The van der Waals surface area contributed by atoms with Crippen LogP contribution in [0, 0.1) is 0 Å². The van der Waals surface area contributed by atoms with Crippen molar-refractivity contribution >= 4 is 12.2 Å². The molecule has 3 N–H and O–H groups in total. The van der Waals surface area contributed by atoms with Crippen molar-refractivity contribution in [1.29, 1.82) is 0 Å². The lowest BCUT2D eigenvalue weighted by molar-refractivity contribution is 0.249. The van der Waals surface area contributed by atoms with Crippen LogP contribution in [0.1, 0.15) is 25.3 Å². The standard InChI is InChI=1S/C13H19N3O3/c1-3-4-7-19-11-6-5-10(8-12(11)18-2)9-15-16-13(14)17/h5-6,8-9H,3-4,7H2,1-2H3,(H3,14,16,17). The second kappa shape index (κ2) is 7.97. The molecule has 0 atom stereocenters. The van der Waals surface area contributed by atoms with E-state index in [9.17, 15) is 4.79 Å². The van der Waals surface area contributed by atoms with Crippen molar-refractivity contribution < 1.29 is 14.3 Å². The van der Waals surface area contributed by atoms with Gasteiger partial charge in [-0.25, -0.2) is 10.2 Å². The Hall–Kier alpha value is -2.24. The fourth-order valence-electron chi connectivity index (χ4n) is 1.38. The van der Waals surface area contributed by atoms with E-state index in [0.717, 1.165) is 18.4 Å². The molecule has 0 saturated carbocycles. The number of hydrogen-bond acceptors (Lipinski definition) is 4. The number of nitrogens with one attached hydrogen (secondary N) is 1. The molecular formula is C13H19N3O3. The minimum Gasteiger partial charge on any atom is -0.493 e. The van der Waals surface area contributed by atoms with Gasteiger partial charge in [0.25, 0.3) is 0 Å². The number of nitrogens with zero attached hydrogens (tertiary/aromatic N) is 1. The number of primary amides is 1. The van der Waals surface area contributed by atoms with E-state index in [1.165, 1.54) is 6.21 Å². The average molecular weight is 265 g/mol. The number of rotatable bonds is 7. The number of amides is 2. The highest BCUT2D eigenvalue weighted by Crippen LogP contribution is 2.27. The fraction of sp³-hybridized carbons (Fsp3) is 0.385. The Morgan fingerprint density at radius 1 is 1.47 bits per heavy atom. The van der Waals surface area contributed by atoms with E-state index < -0.39 is 6.03 Å². The van der Waals surface area contributed by atoms with Crippen LogP contribution in [0.5, 0.6) is 11.5 Å². The predicted molar refractivity (Wildman–Crippen MR) is 73.7 cm³/mol. The van der Waals surface area contributed by atoms with Crippen molar-refractivity contribution in [3.63, 3.8) is 0 Å². The molecule has 0 unspecified atom stereocenters. The fourth-order valence-corrected chi connectivity index (χ4v) is 1.38. The van der Waals surface area contributed by atoms with Gasteiger partial charge in [-0.15, -0.1) is 0 Å². The molecule has 0 radical (unpaired) electrons. The highest BCUT2D eigenvalue weighted by molar-refractivity contribution is 5.82. The molecule has 0 aliphatic rings. The van der Waals surface area contributed by atoms with Gasteiger partial charge in [-0.1, -0.05) is 13.3 Å².